The lowest BCUT2D eigenvalue weighted by Gasteiger charge is -2.35. The second kappa shape index (κ2) is 9.61. The van der Waals surface area contributed by atoms with Crippen molar-refractivity contribution in [2.75, 3.05) is 31.5 Å². The molecule has 2 heterocycles. The lowest BCUT2D eigenvalue weighted by Crippen LogP contribution is -2.51. The number of pyridine rings is 1. The van der Waals surface area contributed by atoms with Gasteiger partial charge in [0.15, 0.2) is 0 Å². The maximum absolute atomic E-state index is 13.1. The quantitative estimate of drug-likeness (QED) is 0.660. The highest BCUT2D eigenvalue weighted by molar-refractivity contribution is 7.99. The second-order valence-corrected chi connectivity index (χ2v) is 8.05. The van der Waals surface area contributed by atoms with Gasteiger partial charge in [-0.3, -0.25) is 4.79 Å². The molecule has 2 aromatic carbocycles. The zero-order valence-corrected chi connectivity index (χ0v) is 17.5. The van der Waals surface area contributed by atoms with Crippen LogP contribution in [0.1, 0.15) is 10.4 Å². The number of halogens is 1. The van der Waals surface area contributed by atoms with Crippen molar-refractivity contribution in [1.29, 1.82) is 0 Å². The molecule has 1 aliphatic heterocycles. The normalized spacial score (nSPS) is 13.7. The van der Waals surface area contributed by atoms with Gasteiger partial charge in [0.05, 0.1) is 5.56 Å². The Balaban J connectivity index is 1.37. The molecule has 0 unspecified atom stereocenters. The number of amides is 3. The molecule has 1 aromatic heterocycles. The summed E-state index contributed by atoms with van der Waals surface area (Å²) in [5.74, 6) is -0.449. The van der Waals surface area contributed by atoms with Crippen molar-refractivity contribution in [2.24, 2.45) is 0 Å². The number of aromatic nitrogens is 1. The Morgan fingerprint density at radius 1 is 0.871 bits per heavy atom. The summed E-state index contributed by atoms with van der Waals surface area (Å²) in [5, 5.41) is 3.42. The summed E-state index contributed by atoms with van der Waals surface area (Å²) in [7, 11) is 0. The fourth-order valence-electron chi connectivity index (χ4n) is 3.25. The molecule has 3 aromatic rings. The van der Waals surface area contributed by atoms with Crippen molar-refractivity contribution in [1.82, 2.24) is 14.8 Å². The van der Waals surface area contributed by atoms with E-state index in [2.05, 4.69) is 10.3 Å². The van der Waals surface area contributed by atoms with Crippen LogP contribution in [0.25, 0.3) is 0 Å². The van der Waals surface area contributed by atoms with Crippen molar-refractivity contribution < 1.29 is 14.0 Å². The number of urea groups is 1. The van der Waals surface area contributed by atoms with E-state index in [9.17, 15) is 14.0 Å². The Bertz CT molecular complexity index is 1050. The van der Waals surface area contributed by atoms with Gasteiger partial charge in [-0.2, -0.15) is 0 Å². The molecule has 8 heteroatoms. The lowest BCUT2D eigenvalue weighted by atomic mass is 10.2. The van der Waals surface area contributed by atoms with Crippen LogP contribution in [0.5, 0.6) is 0 Å². The number of carbonyl (C=O) groups excluding carboxylic acids is 2. The molecule has 4 rings (SSSR count). The summed E-state index contributed by atoms with van der Waals surface area (Å²) in [6.07, 6.45) is 1.68. The van der Waals surface area contributed by atoms with Crippen molar-refractivity contribution in [3.63, 3.8) is 0 Å². The summed E-state index contributed by atoms with van der Waals surface area (Å²) in [6, 6.07) is 18.7. The van der Waals surface area contributed by atoms with Crippen LogP contribution in [0.4, 0.5) is 14.9 Å². The highest BCUT2D eigenvalue weighted by Crippen LogP contribution is 2.29. The van der Waals surface area contributed by atoms with Crippen molar-refractivity contribution in [3.05, 3.63) is 84.3 Å². The number of carbonyl (C=O) groups is 2. The van der Waals surface area contributed by atoms with E-state index in [0.717, 1.165) is 4.90 Å². The molecule has 0 bridgehead atoms. The minimum absolute atomic E-state index is 0.0925. The summed E-state index contributed by atoms with van der Waals surface area (Å²) >= 11 is 1.45. The molecule has 0 atom stereocenters. The topological polar surface area (TPSA) is 65.5 Å². The fraction of sp³-hybridized carbons (Fsp3) is 0.174. The average Bonchev–Trinajstić information content (AvgIpc) is 2.81. The first-order chi connectivity index (χ1) is 15.1. The van der Waals surface area contributed by atoms with Crippen LogP contribution >= 0.6 is 11.8 Å². The fourth-order valence-corrected chi connectivity index (χ4v) is 4.15. The predicted molar refractivity (Wildman–Crippen MR) is 118 cm³/mol. The molecule has 158 valence electrons. The van der Waals surface area contributed by atoms with Gasteiger partial charge >= 0.3 is 6.03 Å². The summed E-state index contributed by atoms with van der Waals surface area (Å²) < 4.78 is 13.0. The number of hydrogen-bond donors (Lipinski definition) is 1. The lowest BCUT2D eigenvalue weighted by molar-refractivity contribution is 0.0667. The molecule has 31 heavy (non-hydrogen) atoms. The van der Waals surface area contributed by atoms with Gasteiger partial charge in [0.1, 0.15) is 10.8 Å². The van der Waals surface area contributed by atoms with Gasteiger partial charge in [0.2, 0.25) is 0 Å². The molecule has 6 nitrogen and oxygen atoms in total. The van der Waals surface area contributed by atoms with Gasteiger partial charge in [-0.15, -0.1) is 0 Å². The van der Waals surface area contributed by atoms with Crippen LogP contribution in [-0.4, -0.2) is 52.9 Å². The van der Waals surface area contributed by atoms with E-state index in [-0.39, 0.29) is 17.8 Å². The van der Waals surface area contributed by atoms with Crippen molar-refractivity contribution >= 4 is 29.4 Å². The van der Waals surface area contributed by atoms with Gasteiger partial charge in [0, 0.05) is 43.0 Å². The number of benzene rings is 2. The Kier molecular flexibility index (Phi) is 6.47. The van der Waals surface area contributed by atoms with Gasteiger partial charge in [-0.05, 0) is 48.5 Å². The van der Waals surface area contributed by atoms with Crippen LogP contribution in [0.3, 0.4) is 0 Å². The average molecular weight is 437 g/mol. The molecule has 3 amide bonds. The van der Waals surface area contributed by atoms with Gasteiger partial charge in [0.25, 0.3) is 5.91 Å². The number of nitrogens with one attached hydrogen (secondary N) is 1. The van der Waals surface area contributed by atoms with E-state index in [1.165, 1.54) is 36.0 Å². The first-order valence-corrected chi connectivity index (χ1v) is 10.7. The summed E-state index contributed by atoms with van der Waals surface area (Å²) in [4.78, 5) is 34.4. The van der Waals surface area contributed by atoms with Crippen LogP contribution in [0.2, 0.25) is 0 Å². The second-order valence-electron chi connectivity index (χ2n) is 6.99. The van der Waals surface area contributed by atoms with Crippen molar-refractivity contribution in [2.45, 2.75) is 9.92 Å². The SMILES string of the molecule is O=C(Nc1ccc(F)cc1)N1CCN(C(=O)c2cccnc2Sc2ccccc2)CC1. The standard InChI is InChI=1S/C23H21FN4O2S/c24-17-8-10-18(11-9-17)26-23(30)28-15-13-27(14-16-28)22(29)20-7-4-12-25-21(20)31-19-5-2-1-3-6-19/h1-12H,13-16H2,(H,26,30). The number of rotatable bonds is 4. The first kappa shape index (κ1) is 20.9. The Morgan fingerprint density at radius 3 is 2.26 bits per heavy atom. The number of piperazine rings is 1. The first-order valence-electron chi connectivity index (χ1n) is 9.89. The van der Waals surface area contributed by atoms with Crippen LogP contribution in [0, 0.1) is 5.82 Å². The molecule has 1 saturated heterocycles. The monoisotopic (exact) mass is 436 g/mol. The molecular weight excluding hydrogens is 415 g/mol. The largest absolute Gasteiger partial charge is 0.335 e. The molecule has 0 aliphatic carbocycles. The zero-order valence-electron chi connectivity index (χ0n) is 16.7. The van der Waals surface area contributed by atoms with E-state index in [1.54, 1.807) is 28.1 Å². The number of anilines is 1. The third-order valence-electron chi connectivity index (χ3n) is 4.91. The number of nitrogens with zero attached hydrogens (tertiary/aromatic N) is 3. The van der Waals surface area contributed by atoms with Crippen LogP contribution < -0.4 is 5.32 Å². The molecule has 1 fully saturated rings. The Labute approximate surface area is 184 Å². The van der Waals surface area contributed by atoms with E-state index in [1.807, 2.05) is 30.3 Å². The van der Waals surface area contributed by atoms with E-state index in [0.29, 0.717) is 42.5 Å². The third-order valence-corrected chi connectivity index (χ3v) is 5.94. The zero-order chi connectivity index (χ0) is 21.6. The summed E-state index contributed by atoms with van der Waals surface area (Å²) in [6.45, 7) is 1.69. The van der Waals surface area contributed by atoms with E-state index >= 15 is 0 Å². The predicted octanol–water partition coefficient (Wildman–Crippen LogP) is 4.36. The minimum atomic E-state index is -0.356. The highest BCUT2D eigenvalue weighted by atomic mass is 32.2. The van der Waals surface area contributed by atoms with Crippen LogP contribution in [-0.2, 0) is 0 Å². The van der Waals surface area contributed by atoms with Crippen LogP contribution in [0.15, 0.2) is 82.8 Å². The molecule has 0 saturated carbocycles. The van der Waals surface area contributed by atoms with Gasteiger partial charge < -0.3 is 15.1 Å². The smallest absolute Gasteiger partial charge is 0.321 e. The third kappa shape index (κ3) is 5.21. The minimum Gasteiger partial charge on any atom is -0.335 e. The molecule has 1 N–H and O–H groups in total. The molecule has 1 aliphatic rings. The molecule has 0 spiro atoms. The summed E-state index contributed by atoms with van der Waals surface area (Å²) in [5.41, 5.74) is 1.09. The number of hydrogen-bond acceptors (Lipinski definition) is 4. The van der Waals surface area contributed by atoms with Crippen molar-refractivity contribution in [3.8, 4) is 0 Å². The van der Waals surface area contributed by atoms with Gasteiger partial charge in [-0.1, -0.05) is 30.0 Å². The molecule has 0 radical (unpaired) electrons. The Hall–Kier alpha value is -3.39. The van der Waals surface area contributed by atoms with E-state index in [4.69, 9.17) is 0 Å². The molecular formula is C23H21FN4O2S. The van der Waals surface area contributed by atoms with E-state index < -0.39 is 0 Å². The van der Waals surface area contributed by atoms with Gasteiger partial charge in [-0.25, -0.2) is 14.2 Å². The Morgan fingerprint density at radius 2 is 1.55 bits per heavy atom. The maximum Gasteiger partial charge on any atom is 0.321 e. The maximum atomic E-state index is 13.1. The highest BCUT2D eigenvalue weighted by Gasteiger charge is 2.26.